The largest absolute Gasteiger partial charge is 0.443 e. The smallest absolute Gasteiger partial charge is 0.419 e. The average molecular weight is 310 g/mol. The number of carbonyl (C=O) groups excluding carboxylic acids is 1. The van der Waals surface area contributed by atoms with Gasteiger partial charge in [-0.05, 0) is 39.0 Å². The zero-order chi connectivity index (χ0) is 14.8. The van der Waals surface area contributed by atoms with E-state index in [2.05, 4.69) is 0 Å². The highest BCUT2D eigenvalue weighted by molar-refractivity contribution is 7.14. The number of benzene rings is 1. The number of thiophene rings is 1. The summed E-state index contributed by atoms with van der Waals surface area (Å²) in [6, 6.07) is 11.1. The lowest BCUT2D eigenvalue weighted by atomic mass is 10.2. The van der Waals surface area contributed by atoms with Gasteiger partial charge in [-0.15, -0.1) is 11.3 Å². The Kier molecular flexibility index (Phi) is 4.35. The van der Waals surface area contributed by atoms with E-state index in [9.17, 15) is 4.79 Å². The molecule has 0 unspecified atom stereocenters. The van der Waals surface area contributed by atoms with Crippen molar-refractivity contribution in [3.8, 4) is 0 Å². The Morgan fingerprint density at radius 3 is 2.35 bits per heavy atom. The number of para-hydroxylation sites is 1. The van der Waals surface area contributed by atoms with Crippen molar-refractivity contribution in [1.29, 1.82) is 0 Å². The van der Waals surface area contributed by atoms with Crippen molar-refractivity contribution in [3.63, 3.8) is 0 Å². The van der Waals surface area contributed by atoms with Crippen LogP contribution in [-0.4, -0.2) is 11.7 Å². The number of halogens is 1. The number of nitrogens with zero attached hydrogens (tertiary/aromatic N) is 1. The van der Waals surface area contributed by atoms with Gasteiger partial charge in [0.2, 0.25) is 0 Å². The number of hydrogen-bond donors (Lipinski definition) is 0. The second-order valence-electron chi connectivity index (χ2n) is 5.26. The van der Waals surface area contributed by atoms with E-state index in [1.807, 2.05) is 56.5 Å². The maximum Gasteiger partial charge on any atom is 0.419 e. The van der Waals surface area contributed by atoms with E-state index in [4.69, 9.17) is 16.3 Å². The highest BCUT2D eigenvalue weighted by Crippen LogP contribution is 2.33. The Balaban J connectivity index is 2.37. The Hall–Kier alpha value is -1.52. The first-order valence-corrected chi connectivity index (χ1v) is 7.45. The number of anilines is 2. The fourth-order valence-corrected chi connectivity index (χ4v) is 2.50. The van der Waals surface area contributed by atoms with E-state index in [1.54, 1.807) is 6.07 Å². The van der Waals surface area contributed by atoms with Crippen LogP contribution in [0.3, 0.4) is 0 Å². The molecule has 0 saturated heterocycles. The molecule has 1 amide bonds. The van der Waals surface area contributed by atoms with Gasteiger partial charge in [0.15, 0.2) is 0 Å². The minimum absolute atomic E-state index is 0.418. The summed E-state index contributed by atoms with van der Waals surface area (Å²) in [4.78, 5) is 14.0. The van der Waals surface area contributed by atoms with Crippen LogP contribution in [0.2, 0.25) is 4.34 Å². The molecule has 5 heteroatoms. The Labute approximate surface area is 127 Å². The number of rotatable bonds is 2. The van der Waals surface area contributed by atoms with Crippen LogP contribution >= 0.6 is 22.9 Å². The van der Waals surface area contributed by atoms with Crippen molar-refractivity contribution in [1.82, 2.24) is 0 Å². The van der Waals surface area contributed by atoms with Crippen LogP contribution < -0.4 is 4.90 Å². The maximum atomic E-state index is 12.4. The summed E-state index contributed by atoms with van der Waals surface area (Å²) in [5, 5.41) is 1.83. The van der Waals surface area contributed by atoms with Gasteiger partial charge in [-0.25, -0.2) is 9.69 Å². The van der Waals surface area contributed by atoms with Gasteiger partial charge >= 0.3 is 6.09 Å². The summed E-state index contributed by atoms with van der Waals surface area (Å²) in [5.41, 5.74) is 0.904. The third kappa shape index (κ3) is 3.74. The number of amides is 1. The van der Waals surface area contributed by atoms with Crippen LogP contribution in [0.25, 0.3) is 0 Å². The number of ether oxygens (including phenoxy) is 1. The third-order valence-electron chi connectivity index (χ3n) is 2.40. The van der Waals surface area contributed by atoms with Crippen molar-refractivity contribution in [3.05, 3.63) is 46.1 Å². The molecular formula is C15H16ClNO2S. The van der Waals surface area contributed by atoms with E-state index < -0.39 is 11.7 Å². The molecule has 0 saturated carbocycles. The minimum Gasteiger partial charge on any atom is -0.443 e. The normalized spacial score (nSPS) is 11.2. The molecule has 0 bridgehead atoms. The molecule has 0 aliphatic carbocycles. The van der Waals surface area contributed by atoms with E-state index in [-0.39, 0.29) is 0 Å². The maximum absolute atomic E-state index is 12.4. The molecular weight excluding hydrogens is 294 g/mol. The van der Waals surface area contributed by atoms with Crippen LogP contribution in [0, 0.1) is 0 Å². The molecule has 0 aliphatic rings. The predicted octanol–water partition coefficient (Wildman–Crippen LogP) is 5.47. The summed E-state index contributed by atoms with van der Waals surface area (Å²) in [7, 11) is 0. The lowest BCUT2D eigenvalue weighted by Gasteiger charge is -2.26. The van der Waals surface area contributed by atoms with Gasteiger partial charge in [-0.2, -0.15) is 0 Å². The topological polar surface area (TPSA) is 29.5 Å². The molecule has 0 spiro atoms. The quantitative estimate of drug-likeness (QED) is 0.735. The highest BCUT2D eigenvalue weighted by atomic mass is 35.5. The Morgan fingerprint density at radius 2 is 1.85 bits per heavy atom. The Morgan fingerprint density at radius 1 is 1.20 bits per heavy atom. The van der Waals surface area contributed by atoms with Gasteiger partial charge in [0, 0.05) is 5.38 Å². The fourth-order valence-electron chi connectivity index (χ4n) is 1.66. The third-order valence-corrected chi connectivity index (χ3v) is 3.48. The van der Waals surface area contributed by atoms with Gasteiger partial charge in [0.05, 0.1) is 15.7 Å². The van der Waals surface area contributed by atoms with Crippen molar-refractivity contribution in [2.75, 3.05) is 4.90 Å². The van der Waals surface area contributed by atoms with Gasteiger partial charge in [0.1, 0.15) is 5.60 Å². The van der Waals surface area contributed by atoms with Crippen LogP contribution in [-0.2, 0) is 4.74 Å². The zero-order valence-electron chi connectivity index (χ0n) is 11.6. The standard InChI is InChI=1S/C15H16ClNO2S/c1-15(2,3)19-14(18)17(11-7-5-4-6-8-11)12-9-13(16)20-10-12/h4-10H,1-3H3. The van der Waals surface area contributed by atoms with Crippen molar-refractivity contribution < 1.29 is 9.53 Å². The van der Waals surface area contributed by atoms with Gasteiger partial charge < -0.3 is 4.74 Å². The number of carbonyl (C=O) groups is 1. The molecule has 0 radical (unpaired) electrons. The summed E-state index contributed by atoms with van der Waals surface area (Å²) in [5.74, 6) is 0. The highest BCUT2D eigenvalue weighted by Gasteiger charge is 2.25. The Bertz CT molecular complexity index is 589. The van der Waals surface area contributed by atoms with Gasteiger partial charge in [-0.1, -0.05) is 29.8 Å². The van der Waals surface area contributed by atoms with Crippen LogP contribution in [0.15, 0.2) is 41.8 Å². The van der Waals surface area contributed by atoms with Crippen LogP contribution in [0.4, 0.5) is 16.2 Å². The van der Waals surface area contributed by atoms with E-state index in [1.165, 1.54) is 16.2 Å². The van der Waals surface area contributed by atoms with Crippen molar-refractivity contribution in [2.24, 2.45) is 0 Å². The molecule has 0 N–H and O–H groups in total. The lowest BCUT2D eigenvalue weighted by molar-refractivity contribution is 0.0599. The molecule has 0 fully saturated rings. The van der Waals surface area contributed by atoms with E-state index in [0.717, 1.165) is 5.69 Å². The molecule has 0 atom stereocenters. The average Bonchev–Trinajstić information content (AvgIpc) is 2.75. The molecule has 2 rings (SSSR count). The molecule has 106 valence electrons. The van der Waals surface area contributed by atoms with E-state index in [0.29, 0.717) is 10.0 Å². The van der Waals surface area contributed by atoms with Crippen LogP contribution in [0.5, 0.6) is 0 Å². The summed E-state index contributed by atoms with van der Waals surface area (Å²) in [6.07, 6.45) is -0.418. The monoisotopic (exact) mass is 309 g/mol. The SMILES string of the molecule is CC(C)(C)OC(=O)N(c1ccccc1)c1csc(Cl)c1. The van der Waals surface area contributed by atoms with Crippen LogP contribution in [0.1, 0.15) is 20.8 Å². The predicted molar refractivity (Wildman–Crippen MR) is 84.1 cm³/mol. The summed E-state index contributed by atoms with van der Waals surface area (Å²) in [6.45, 7) is 5.53. The molecule has 20 heavy (non-hydrogen) atoms. The number of hydrogen-bond acceptors (Lipinski definition) is 3. The molecule has 2 aromatic rings. The first kappa shape index (κ1) is 14.9. The summed E-state index contributed by atoms with van der Waals surface area (Å²) >= 11 is 7.35. The van der Waals surface area contributed by atoms with Crippen molar-refractivity contribution in [2.45, 2.75) is 26.4 Å². The first-order chi connectivity index (χ1) is 9.37. The molecule has 1 aromatic carbocycles. The second kappa shape index (κ2) is 5.85. The zero-order valence-corrected chi connectivity index (χ0v) is 13.2. The lowest BCUT2D eigenvalue weighted by Crippen LogP contribution is -2.33. The molecule has 3 nitrogen and oxygen atoms in total. The van der Waals surface area contributed by atoms with E-state index >= 15 is 0 Å². The van der Waals surface area contributed by atoms with Gasteiger partial charge in [0.25, 0.3) is 0 Å². The minimum atomic E-state index is -0.552. The fraction of sp³-hybridized carbons (Fsp3) is 0.267. The van der Waals surface area contributed by atoms with Gasteiger partial charge in [-0.3, -0.25) is 0 Å². The molecule has 0 aliphatic heterocycles. The summed E-state index contributed by atoms with van der Waals surface area (Å²) < 4.78 is 6.10. The first-order valence-electron chi connectivity index (χ1n) is 6.19. The van der Waals surface area contributed by atoms with Crippen molar-refractivity contribution >= 4 is 40.4 Å². The molecule has 1 aromatic heterocycles. The molecule has 1 heterocycles. The second-order valence-corrected chi connectivity index (χ2v) is 6.80.